The highest BCUT2D eigenvalue weighted by atomic mass is 16.3. The topological polar surface area (TPSA) is 40.5 Å². The Morgan fingerprint density at radius 2 is 0.917 bits per heavy atom. The summed E-state index contributed by atoms with van der Waals surface area (Å²) in [6.07, 6.45) is 0. The lowest BCUT2D eigenvalue weighted by molar-refractivity contribution is 0.462. The largest absolute Gasteiger partial charge is 0.507 e. The third-order valence-electron chi connectivity index (χ3n) is 5.08. The van der Waals surface area contributed by atoms with Gasteiger partial charge in [-0.1, -0.05) is 39.8 Å². The average molecular weight is 326 g/mol. The number of aromatic hydroxyl groups is 2. The van der Waals surface area contributed by atoms with Crippen molar-refractivity contribution in [3.05, 3.63) is 45.5 Å². The normalized spacial score (nSPS) is 11.6. The molecule has 0 heterocycles. The van der Waals surface area contributed by atoms with E-state index in [1.165, 1.54) is 0 Å². The standard InChI is InChI=1S/C22H30O2/c1-11(2)17-9-13(5)19(21(23)15(17)7)20-14(6)10-18(12(3)4)16(8)22(20)24/h9-12,23-24H,1-8H3. The van der Waals surface area contributed by atoms with Crippen LogP contribution in [-0.4, -0.2) is 10.2 Å². The number of phenolic OH excluding ortho intramolecular Hbond substituents is 2. The molecule has 2 heteroatoms. The van der Waals surface area contributed by atoms with Gasteiger partial charge in [0.1, 0.15) is 11.5 Å². The van der Waals surface area contributed by atoms with Gasteiger partial charge in [-0.15, -0.1) is 0 Å². The highest BCUT2D eigenvalue weighted by Gasteiger charge is 2.22. The lowest BCUT2D eigenvalue weighted by Crippen LogP contribution is -2.01. The first kappa shape index (κ1) is 18.4. The molecule has 24 heavy (non-hydrogen) atoms. The first-order chi connectivity index (χ1) is 11.1. The fourth-order valence-electron chi connectivity index (χ4n) is 3.68. The highest BCUT2D eigenvalue weighted by molar-refractivity contribution is 5.84. The van der Waals surface area contributed by atoms with E-state index in [2.05, 4.69) is 39.8 Å². The smallest absolute Gasteiger partial charge is 0.127 e. The van der Waals surface area contributed by atoms with Crippen LogP contribution in [0.4, 0.5) is 0 Å². The maximum absolute atomic E-state index is 10.9. The predicted octanol–water partition coefficient (Wildman–Crippen LogP) is 6.25. The minimum absolute atomic E-state index is 0.286. The van der Waals surface area contributed by atoms with Crippen molar-refractivity contribution in [2.45, 2.75) is 67.2 Å². The fourth-order valence-corrected chi connectivity index (χ4v) is 3.68. The second-order valence-electron chi connectivity index (χ2n) is 7.57. The molecule has 2 aromatic carbocycles. The van der Waals surface area contributed by atoms with E-state index in [0.717, 1.165) is 44.5 Å². The van der Waals surface area contributed by atoms with Crippen LogP contribution >= 0.6 is 0 Å². The SMILES string of the molecule is Cc1cc(C(C)C)c(C)c(O)c1-c1c(C)cc(C(C)C)c(C)c1O. The number of hydrogen-bond donors (Lipinski definition) is 2. The van der Waals surface area contributed by atoms with Crippen molar-refractivity contribution in [2.75, 3.05) is 0 Å². The highest BCUT2D eigenvalue weighted by Crippen LogP contribution is 2.46. The van der Waals surface area contributed by atoms with Crippen LogP contribution in [0.3, 0.4) is 0 Å². The fraction of sp³-hybridized carbons (Fsp3) is 0.455. The molecular weight excluding hydrogens is 296 g/mol. The van der Waals surface area contributed by atoms with Crippen molar-refractivity contribution in [1.82, 2.24) is 0 Å². The van der Waals surface area contributed by atoms with Crippen molar-refractivity contribution in [1.29, 1.82) is 0 Å². The van der Waals surface area contributed by atoms with E-state index in [1.54, 1.807) is 0 Å². The summed E-state index contributed by atoms with van der Waals surface area (Å²) in [7, 11) is 0. The van der Waals surface area contributed by atoms with Crippen molar-refractivity contribution in [3.8, 4) is 22.6 Å². The van der Waals surface area contributed by atoms with E-state index in [9.17, 15) is 10.2 Å². The Morgan fingerprint density at radius 3 is 1.17 bits per heavy atom. The maximum Gasteiger partial charge on any atom is 0.127 e. The van der Waals surface area contributed by atoms with Gasteiger partial charge < -0.3 is 10.2 Å². The molecule has 2 N–H and O–H groups in total. The van der Waals surface area contributed by atoms with Gasteiger partial charge in [-0.25, -0.2) is 0 Å². The lowest BCUT2D eigenvalue weighted by atomic mass is 9.84. The summed E-state index contributed by atoms with van der Waals surface area (Å²) in [4.78, 5) is 0. The Bertz CT molecular complexity index is 716. The third kappa shape index (κ3) is 2.90. The molecule has 0 saturated heterocycles. The van der Waals surface area contributed by atoms with Gasteiger partial charge in [-0.2, -0.15) is 0 Å². The molecule has 0 spiro atoms. The Morgan fingerprint density at radius 1 is 0.625 bits per heavy atom. The molecule has 2 nitrogen and oxygen atoms in total. The number of aryl methyl sites for hydroxylation is 2. The van der Waals surface area contributed by atoms with Gasteiger partial charge in [-0.05, 0) is 72.9 Å². The summed E-state index contributed by atoms with van der Waals surface area (Å²) in [5.41, 5.74) is 7.61. The molecule has 0 fully saturated rings. The van der Waals surface area contributed by atoms with Crippen LogP contribution in [0.1, 0.15) is 72.9 Å². The summed E-state index contributed by atoms with van der Waals surface area (Å²) in [6.45, 7) is 16.4. The van der Waals surface area contributed by atoms with Crippen molar-refractivity contribution >= 4 is 0 Å². The van der Waals surface area contributed by atoms with E-state index in [4.69, 9.17) is 0 Å². The summed E-state index contributed by atoms with van der Waals surface area (Å²) in [5.74, 6) is 1.27. The molecule has 0 aromatic heterocycles. The molecule has 0 unspecified atom stereocenters. The van der Waals surface area contributed by atoms with Crippen molar-refractivity contribution < 1.29 is 10.2 Å². The van der Waals surface area contributed by atoms with Crippen LogP contribution in [0.2, 0.25) is 0 Å². The predicted molar refractivity (Wildman–Crippen MR) is 102 cm³/mol. The van der Waals surface area contributed by atoms with E-state index in [0.29, 0.717) is 11.8 Å². The molecule has 0 saturated carbocycles. The second kappa shape index (κ2) is 6.51. The molecule has 0 aliphatic rings. The van der Waals surface area contributed by atoms with E-state index >= 15 is 0 Å². The summed E-state index contributed by atoms with van der Waals surface area (Å²) >= 11 is 0. The molecule has 0 bridgehead atoms. The molecule has 0 atom stereocenters. The molecule has 2 aromatic rings. The van der Waals surface area contributed by atoms with Crippen LogP contribution in [0.25, 0.3) is 11.1 Å². The van der Waals surface area contributed by atoms with Gasteiger partial charge in [-0.3, -0.25) is 0 Å². The number of phenols is 2. The van der Waals surface area contributed by atoms with Crippen LogP contribution in [0, 0.1) is 27.7 Å². The Hall–Kier alpha value is -1.96. The minimum Gasteiger partial charge on any atom is -0.507 e. The Balaban J connectivity index is 2.84. The lowest BCUT2D eigenvalue weighted by Gasteiger charge is -2.22. The van der Waals surface area contributed by atoms with Gasteiger partial charge in [0.25, 0.3) is 0 Å². The molecule has 0 amide bonds. The van der Waals surface area contributed by atoms with Gasteiger partial charge in [0.2, 0.25) is 0 Å². The zero-order chi connectivity index (χ0) is 18.3. The van der Waals surface area contributed by atoms with Gasteiger partial charge >= 0.3 is 0 Å². The molecule has 0 aliphatic heterocycles. The molecule has 0 radical (unpaired) electrons. The molecular formula is C22H30O2. The second-order valence-corrected chi connectivity index (χ2v) is 7.57. The van der Waals surface area contributed by atoms with Gasteiger partial charge in [0.05, 0.1) is 0 Å². The Kier molecular flexibility index (Phi) is 4.98. The number of hydrogen-bond acceptors (Lipinski definition) is 2. The van der Waals surface area contributed by atoms with Gasteiger partial charge in [0, 0.05) is 11.1 Å². The van der Waals surface area contributed by atoms with Crippen LogP contribution in [0.15, 0.2) is 12.1 Å². The van der Waals surface area contributed by atoms with E-state index in [-0.39, 0.29) is 11.5 Å². The van der Waals surface area contributed by atoms with E-state index in [1.807, 2.05) is 27.7 Å². The molecule has 2 rings (SSSR count). The van der Waals surface area contributed by atoms with Crippen LogP contribution in [0.5, 0.6) is 11.5 Å². The van der Waals surface area contributed by atoms with Crippen molar-refractivity contribution in [3.63, 3.8) is 0 Å². The van der Waals surface area contributed by atoms with Gasteiger partial charge in [0.15, 0.2) is 0 Å². The quantitative estimate of drug-likeness (QED) is 0.700. The summed E-state index contributed by atoms with van der Waals surface area (Å²) in [5, 5.41) is 21.7. The summed E-state index contributed by atoms with van der Waals surface area (Å²) in [6, 6.07) is 4.28. The third-order valence-corrected chi connectivity index (χ3v) is 5.08. The summed E-state index contributed by atoms with van der Waals surface area (Å²) < 4.78 is 0. The molecule has 0 aliphatic carbocycles. The zero-order valence-corrected chi connectivity index (χ0v) is 16.2. The van der Waals surface area contributed by atoms with Crippen molar-refractivity contribution in [2.24, 2.45) is 0 Å². The van der Waals surface area contributed by atoms with E-state index < -0.39 is 0 Å². The number of benzene rings is 2. The Labute approximate surface area is 146 Å². The maximum atomic E-state index is 10.9. The van der Waals surface area contributed by atoms with Crippen LogP contribution < -0.4 is 0 Å². The first-order valence-corrected chi connectivity index (χ1v) is 8.74. The average Bonchev–Trinajstić information content (AvgIpc) is 2.49. The number of rotatable bonds is 3. The molecule has 130 valence electrons. The minimum atomic E-state index is 0.286. The van der Waals surface area contributed by atoms with Crippen LogP contribution in [-0.2, 0) is 0 Å². The monoisotopic (exact) mass is 326 g/mol. The first-order valence-electron chi connectivity index (χ1n) is 8.74. The zero-order valence-electron chi connectivity index (χ0n) is 16.2.